The van der Waals surface area contributed by atoms with Crippen LogP contribution in [0.25, 0.3) is 20.9 Å². The fourth-order valence-electron chi connectivity index (χ4n) is 1.61. The number of amides is 1. The van der Waals surface area contributed by atoms with E-state index in [9.17, 15) is 4.79 Å². The highest BCUT2D eigenvalue weighted by Crippen LogP contribution is 2.26. The van der Waals surface area contributed by atoms with Crippen LogP contribution in [0, 0.1) is 0 Å². The standard InChI is InChI=1S/C11H11BrN6O/c12-9-4-1-3-8(7-9)10(15-17-13)5-2-6-11(19)16-18-14/h1,3-4,7,10H,2,5-6H2. The number of rotatable bonds is 6. The average Bonchev–Trinajstić information content (AvgIpc) is 2.38. The van der Waals surface area contributed by atoms with Crippen LogP contribution >= 0.6 is 15.9 Å². The Kier molecular flexibility index (Phi) is 6.46. The number of azide groups is 2. The molecule has 8 heteroatoms. The summed E-state index contributed by atoms with van der Waals surface area (Å²) >= 11 is 3.35. The van der Waals surface area contributed by atoms with E-state index in [0.717, 1.165) is 10.0 Å². The van der Waals surface area contributed by atoms with E-state index in [1.165, 1.54) is 0 Å². The third-order valence-corrected chi connectivity index (χ3v) is 2.94. The number of hydrogen-bond acceptors (Lipinski definition) is 2. The monoisotopic (exact) mass is 322 g/mol. The Hall–Kier alpha value is -2.01. The third kappa shape index (κ3) is 5.44. The highest BCUT2D eigenvalue weighted by Gasteiger charge is 2.10. The summed E-state index contributed by atoms with van der Waals surface area (Å²) in [4.78, 5) is 16.3. The molecule has 1 aromatic carbocycles. The van der Waals surface area contributed by atoms with E-state index in [-0.39, 0.29) is 12.5 Å². The van der Waals surface area contributed by atoms with Crippen LogP contribution in [0.4, 0.5) is 0 Å². The van der Waals surface area contributed by atoms with Crippen molar-refractivity contribution in [2.75, 3.05) is 0 Å². The van der Waals surface area contributed by atoms with Gasteiger partial charge in [0.05, 0.1) is 6.04 Å². The van der Waals surface area contributed by atoms with Gasteiger partial charge in [0.25, 0.3) is 0 Å². The van der Waals surface area contributed by atoms with Gasteiger partial charge in [0.2, 0.25) is 5.91 Å². The van der Waals surface area contributed by atoms with Gasteiger partial charge >= 0.3 is 0 Å². The van der Waals surface area contributed by atoms with Gasteiger partial charge in [-0.15, -0.1) is 0 Å². The van der Waals surface area contributed by atoms with Crippen LogP contribution in [0.5, 0.6) is 0 Å². The molecule has 0 bridgehead atoms. The molecule has 0 spiro atoms. The molecule has 0 saturated carbocycles. The predicted molar refractivity (Wildman–Crippen MR) is 74.0 cm³/mol. The molecule has 0 aliphatic carbocycles. The molecule has 0 heterocycles. The van der Waals surface area contributed by atoms with Crippen LogP contribution < -0.4 is 0 Å². The van der Waals surface area contributed by atoms with Crippen LogP contribution in [0.3, 0.4) is 0 Å². The Bertz CT molecular complexity index is 548. The van der Waals surface area contributed by atoms with Crippen LogP contribution in [0.15, 0.2) is 39.0 Å². The number of halogens is 1. The second-order valence-electron chi connectivity index (χ2n) is 3.75. The lowest BCUT2D eigenvalue weighted by Gasteiger charge is -2.11. The van der Waals surface area contributed by atoms with E-state index >= 15 is 0 Å². The van der Waals surface area contributed by atoms with Crippen molar-refractivity contribution in [3.05, 3.63) is 55.2 Å². The Labute approximate surface area is 118 Å². The number of nitrogens with zero attached hydrogens (tertiary/aromatic N) is 6. The van der Waals surface area contributed by atoms with Gasteiger partial charge in [-0.05, 0) is 46.7 Å². The molecule has 0 aliphatic heterocycles. The normalized spacial score (nSPS) is 11.0. The number of carbonyl (C=O) groups is 1. The first-order valence-electron chi connectivity index (χ1n) is 5.55. The van der Waals surface area contributed by atoms with Crippen LogP contribution in [-0.4, -0.2) is 5.91 Å². The minimum absolute atomic E-state index is 0.148. The lowest BCUT2D eigenvalue weighted by atomic mass is 10.0. The Morgan fingerprint density at radius 3 is 2.79 bits per heavy atom. The SMILES string of the molecule is [N-]=[N+]=NC(=O)CCCC(N=[N+]=[N-])c1cccc(Br)c1. The lowest BCUT2D eigenvalue weighted by Crippen LogP contribution is -1.98. The van der Waals surface area contributed by atoms with Crippen molar-refractivity contribution in [2.45, 2.75) is 25.3 Å². The van der Waals surface area contributed by atoms with Crippen molar-refractivity contribution in [1.82, 2.24) is 0 Å². The van der Waals surface area contributed by atoms with E-state index in [0.29, 0.717) is 12.8 Å². The second-order valence-corrected chi connectivity index (χ2v) is 4.67. The zero-order chi connectivity index (χ0) is 14.1. The van der Waals surface area contributed by atoms with E-state index in [1.54, 1.807) is 0 Å². The molecule has 1 rings (SSSR count). The number of carbonyl (C=O) groups excluding carboxylic acids is 1. The average molecular weight is 323 g/mol. The van der Waals surface area contributed by atoms with Gasteiger partial charge in [-0.2, -0.15) is 0 Å². The molecule has 0 N–H and O–H groups in total. The lowest BCUT2D eigenvalue weighted by molar-refractivity contribution is -0.118. The van der Waals surface area contributed by atoms with E-state index in [1.807, 2.05) is 24.3 Å². The van der Waals surface area contributed by atoms with Gasteiger partial charge < -0.3 is 0 Å². The highest BCUT2D eigenvalue weighted by atomic mass is 79.9. The van der Waals surface area contributed by atoms with Crippen LogP contribution in [-0.2, 0) is 4.79 Å². The molecular formula is C11H11BrN6O. The number of hydrogen-bond donors (Lipinski definition) is 0. The zero-order valence-electron chi connectivity index (χ0n) is 9.98. The molecule has 1 unspecified atom stereocenters. The van der Waals surface area contributed by atoms with Gasteiger partial charge in [0, 0.05) is 20.7 Å². The van der Waals surface area contributed by atoms with Crippen molar-refractivity contribution in [2.24, 2.45) is 10.2 Å². The Morgan fingerprint density at radius 2 is 2.16 bits per heavy atom. The first kappa shape index (κ1) is 15.0. The van der Waals surface area contributed by atoms with Crippen LogP contribution in [0.2, 0.25) is 0 Å². The summed E-state index contributed by atoms with van der Waals surface area (Å²) in [6.45, 7) is 0. The highest BCUT2D eigenvalue weighted by molar-refractivity contribution is 9.10. The summed E-state index contributed by atoms with van der Waals surface area (Å²) in [5, 5.41) is 6.71. The summed E-state index contributed by atoms with van der Waals surface area (Å²) in [7, 11) is 0. The first-order chi connectivity index (χ1) is 9.17. The van der Waals surface area contributed by atoms with Gasteiger partial charge in [-0.25, -0.2) is 0 Å². The van der Waals surface area contributed by atoms with Crippen molar-refractivity contribution in [3.8, 4) is 0 Å². The van der Waals surface area contributed by atoms with Crippen LogP contribution in [0.1, 0.15) is 30.9 Å². The summed E-state index contributed by atoms with van der Waals surface area (Å²) < 4.78 is 0.897. The minimum Gasteiger partial charge on any atom is -0.293 e. The molecule has 0 saturated heterocycles. The van der Waals surface area contributed by atoms with Crippen molar-refractivity contribution < 1.29 is 4.79 Å². The van der Waals surface area contributed by atoms with Crippen molar-refractivity contribution >= 4 is 21.8 Å². The zero-order valence-corrected chi connectivity index (χ0v) is 11.6. The maximum atomic E-state index is 11.0. The van der Waals surface area contributed by atoms with Crippen molar-refractivity contribution in [3.63, 3.8) is 0 Å². The molecule has 1 amide bonds. The maximum absolute atomic E-state index is 11.0. The minimum atomic E-state index is -0.503. The summed E-state index contributed by atoms with van der Waals surface area (Å²) in [5.74, 6) is -0.503. The fourth-order valence-corrected chi connectivity index (χ4v) is 2.03. The van der Waals surface area contributed by atoms with Gasteiger partial charge in [-0.1, -0.05) is 33.2 Å². The molecule has 1 atom stereocenters. The van der Waals surface area contributed by atoms with Gasteiger partial charge in [0.1, 0.15) is 0 Å². The predicted octanol–water partition coefficient (Wildman–Crippen LogP) is 4.81. The second kappa shape index (κ2) is 8.16. The Balaban J connectivity index is 2.66. The van der Waals surface area contributed by atoms with E-state index in [2.05, 4.69) is 36.0 Å². The molecular weight excluding hydrogens is 312 g/mol. The van der Waals surface area contributed by atoms with Gasteiger partial charge in [-0.3, -0.25) is 4.79 Å². The first-order valence-corrected chi connectivity index (χ1v) is 6.34. The fraction of sp³-hybridized carbons (Fsp3) is 0.364. The molecule has 0 radical (unpaired) electrons. The summed E-state index contributed by atoms with van der Waals surface area (Å²) in [6, 6.07) is 7.13. The van der Waals surface area contributed by atoms with E-state index < -0.39 is 5.91 Å². The topological polar surface area (TPSA) is 115 Å². The van der Waals surface area contributed by atoms with Crippen molar-refractivity contribution in [1.29, 1.82) is 0 Å². The molecule has 0 aromatic heterocycles. The molecule has 7 nitrogen and oxygen atoms in total. The number of benzene rings is 1. The van der Waals surface area contributed by atoms with Gasteiger partial charge in [0.15, 0.2) is 0 Å². The Morgan fingerprint density at radius 1 is 1.37 bits per heavy atom. The molecule has 0 aliphatic rings. The molecule has 19 heavy (non-hydrogen) atoms. The summed E-state index contributed by atoms with van der Waals surface area (Å²) in [6.07, 6.45) is 1.16. The molecule has 1 aromatic rings. The molecule has 98 valence electrons. The van der Waals surface area contributed by atoms with E-state index in [4.69, 9.17) is 11.1 Å². The largest absolute Gasteiger partial charge is 0.293 e. The molecule has 0 fully saturated rings. The maximum Gasteiger partial charge on any atom is 0.218 e. The third-order valence-electron chi connectivity index (χ3n) is 2.45. The smallest absolute Gasteiger partial charge is 0.218 e. The quantitative estimate of drug-likeness (QED) is 0.417. The summed E-state index contributed by atoms with van der Waals surface area (Å²) in [5.41, 5.74) is 17.6.